The average molecular weight is 255 g/mol. The minimum Gasteiger partial charge on any atom is -0.462 e. The molecule has 0 amide bonds. The molecule has 0 saturated carbocycles. The third kappa shape index (κ3) is 3.26. The first-order chi connectivity index (χ1) is 8.47. The number of unbranched alkanes of at least 4 members (excludes halogenated alkanes) is 1. The van der Waals surface area contributed by atoms with E-state index in [9.17, 15) is 19.3 Å². The molecule has 98 valence electrons. The fourth-order valence-corrected chi connectivity index (χ4v) is 1.41. The van der Waals surface area contributed by atoms with Crippen molar-refractivity contribution in [2.24, 2.45) is 0 Å². The first-order valence-electron chi connectivity index (χ1n) is 5.59. The molecular weight excluding hydrogens is 241 g/mol. The molecule has 0 aliphatic carbocycles. The van der Waals surface area contributed by atoms with Gasteiger partial charge in [0, 0.05) is 6.07 Å². The van der Waals surface area contributed by atoms with Crippen LogP contribution in [0.1, 0.15) is 35.7 Å². The number of halogens is 1. The molecule has 0 aromatic heterocycles. The van der Waals surface area contributed by atoms with Crippen LogP contribution in [0.4, 0.5) is 10.1 Å². The van der Waals surface area contributed by atoms with E-state index in [2.05, 4.69) is 0 Å². The smallest absolute Gasteiger partial charge is 0.338 e. The van der Waals surface area contributed by atoms with Crippen LogP contribution in [-0.4, -0.2) is 17.5 Å². The van der Waals surface area contributed by atoms with Crippen LogP contribution >= 0.6 is 0 Å². The molecular formula is C12H14FNO4. The highest BCUT2D eigenvalue weighted by Crippen LogP contribution is 2.22. The fraction of sp³-hybridized carbons (Fsp3) is 0.417. The van der Waals surface area contributed by atoms with E-state index in [1.54, 1.807) is 0 Å². The van der Waals surface area contributed by atoms with Gasteiger partial charge >= 0.3 is 11.7 Å². The highest BCUT2D eigenvalue weighted by molar-refractivity contribution is 5.91. The number of hydrogen-bond acceptors (Lipinski definition) is 4. The molecule has 0 atom stereocenters. The van der Waals surface area contributed by atoms with Gasteiger partial charge in [-0.1, -0.05) is 13.3 Å². The fourth-order valence-electron chi connectivity index (χ4n) is 1.41. The van der Waals surface area contributed by atoms with Gasteiger partial charge in [0.05, 0.1) is 17.1 Å². The van der Waals surface area contributed by atoms with E-state index in [-0.39, 0.29) is 12.2 Å². The molecule has 0 radical (unpaired) electrons. The van der Waals surface area contributed by atoms with Crippen LogP contribution in [0.15, 0.2) is 12.1 Å². The maximum Gasteiger partial charge on any atom is 0.338 e. The number of nitro benzene ring substituents is 1. The van der Waals surface area contributed by atoms with Crippen LogP contribution in [0.2, 0.25) is 0 Å². The number of aryl methyl sites for hydroxylation is 1. The molecule has 1 aromatic rings. The van der Waals surface area contributed by atoms with Gasteiger partial charge in [-0.15, -0.1) is 0 Å². The largest absolute Gasteiger partial charge is 0.462 e. The lowest BCUT2D eigenvalue weighted by atomic mass is 10.1. The summed E-state index contributed by atoms with van der Waals surface area (Å²) in [5, 5.41) is 10.6. The number of esters is 1. The first kappa shape index (κ1) is 14.1. The topological polar surface area (TPSA) is 69.4 Å². The Morgan fingerprint density at radius 3 is 2.72 bits per heavy atom. The van der Waals surface area contributed by atoms with E-state index in [1.165, 1.54) is 6.92 Å². The third-order valence-corrected chi connectivity index (χ3v) is 2.44. The quantitative estimate of drug-likeness (QED) is 0.351. The maximum absolute atomic E-state index is 13.3. The summed E-state index contributed by atoms with van der Waals surface area (Å²) in [6.07, 6.45) is 1.59. The molecule has 0 bridgehead atoms. The van der Waals surface area contributed by atoms with Gasteiger partial charge in [-0.2, -0.15) is 4.39 Å². The van der Waals surface area contributed by atoms with Crippen LogP contribution in [0.25, 0.3) is 0 Å². The predicted octanol–water partition coefficient (Wildman–Crippen LogP) is 3.00. The van der Waals surface area contributed by atoms with Crippen molar-refractivity contribution in [3.8, 4) is 0 Å². The number of benzene rings is 1. The molecule has 0 spiro atoms. The molecule has 0 unspecified atom stereocenters. The Kier molecular flexibility index (Phi) is 4.76. The van der Waals surface area contributed by atoms with Crippen LogP contribution < -0.4 is 0 Å². The number of nitrogens with zero attached hydrogens (tertiary/aromatic N) is 1. The predicted molar refractivity (Wildman–Crippen MR) is 63.0 cm³/mol. The molecule has 6 heteroatoms. The van der Waals surface area contributed by atoms with Gasteiger partial charge < -0.3 is 4.74 Å². The second-order valence-electron chi connectivity index (χ2n) is 3.87. The Hall–Kier alpha value is -1.98. The normalized spacial score (nSPS) is 10.2. The van der Waals surface area contributed by atoms with Gasteiger partial charge in [0.25, 0.3) is 0 Å². The van der Waals surface area contributed by atoms with E-state index in [0.29, 0.717) is 12.0 Å². The van der Waals surface area contributed by atoms with E-state index in [4.69, 9.17) is 4.74 Å². The average Bonchev–Trinajstić information content (AvgIpc) is 2.28. The van der Waals surface area contributed by atoms with E-state index >= 15 is 0 Å². The lowest BCUT2D eigenvalue weighted by molar-refractivity contribution is -0.387. The highest BCUT2D eigenvalue weighted by Gasteiger charge is 2.20. The molecule has 5 nitrogen and oxygen atoms in total. The van der Waals surface area contributed by atoms with Gasteiger partial charge in [-0.3, -0.25) is 10.1 Å². The minimum absolute atomic E-state index is 0.0270. The van der Waals surface area contributed by atoms with Crippen LogP contribution in [0, 0.1) is 22.9 Å². The van der Waals surface area contributed by atoms with E-state index < -0.39 is 22.4 Å². The van der Waals surface area contributed by atoms with Crippen molar-refractivity contribution in [3.05, 3.63) is 39.2 Å². The maximum atomic E-state index is 13.3. The summed E-state index contributed by atoms with van der Waals surface area (Å²) in [7, 11) is 0. The Morgan fingerprint density at radius 2 is 2.17 bits per heavy atom. The lowest BCUT2D eigenvalue weighted by Crippen LogP contribution is -2.09. The van der Waals surface area contributed by atoms with E-state index in [1.807, 2.05) is 6.92 Å². The number of ether oxygens (including phenoxy) is 1. The number of hydrogen-bond donors (Lipinski definition) is 0. The Bertz CT molecular complexity index is 473. The highest BCUT2D eigenvalue weighted by atomic mass is 19.1. The van der Waals surface area contributed by atoms with Crippen LogP contribution in [-0.2, 0) is 4.74 Å². The number of carbonyl (C=O) groups is 1. The number of rotatable bonds is 5. The Balaban J connectivity index is 2.97. The zero-order chi connectivity index (χ0) is 13.7. The van der Waals surface area contributed by atoms with Crippen molar-refractivity contribution in [1.29, 1.82) is 0 Å². The zero-order valence-electron chi connectivity index (χ0n) is 10.2. The van der Waals surface area contributed by atoms with Crippen molar-refractivity contribution >= 4 is 11.7 Å². The third-order valence-electron chi connectivity index (χ3n) is 2.44. The second kappa shape index (κ2) is 6.09. The molecule has 0 heterocycles. The van der Waals surface area contributed by atoms with Crippen molar-refractivity contribution in [2.45, 2.75) is 26.7 Å². The second-order valence-corrected chi connectivity index (χ2v) is 3.87. The molecule has 0 aliphatic heterocycles. The van der Waals surface area contributed by atoms with Crippen molar-refractivity contribution in [1.82, 2.24) is 0 Å². The SMILES string of the molecule is CCCCOC(=O)c1cc([N+](=O)[O-])c(F)cc1C. The van der Waals surface area contributed by atoms with Gasteiger partial charge in [0.1, 0.15) is 0 Å². The minimum atomic E-state index is -0.956. The molecule has 0 N–H and O–H groups in total. The van der Waals surface area contributed by atoms with Crippen LogP contribution in [0.5, 0.6) is 0 Å². The summed E-state index contributed by atoms with van der Waals surface area (Å²) in [4.78, 5) is 21.4. The molecule has 1 rings (SSSR count). The Morgan fingerprint density at radius 1 is 1.50 bits per heavy atom. The van der Waals surface area contributed by atoms with Crippen molar-refractivity contribution < 1.29 is 18.8 Å². The van der Waals surface area contributed by atoms with Gasteiger partial charge in [0.15, 0.2) is 0 Å². The molecule has 0 fully saturated rings. The number of carbonyl (C=O) groups excluding carboxylic acids is 1. The summed E-state index contributed by atoms with van der Waals surface area (Å²) in [6.45, 7) is 3.70. The molecule has 0 saturated heterocycles. The summed E-state index contributed by atoms with van der Waals surface area (Å²) < 4.78 is 18.2. The van der Waals surface area contributed by atoms with Gasteiger partial charge in [-0.05, 0) is 25.0 Å². The zero-order valence-corrected chi connectivity index (χ0v) is 10.2. The molecule has 18 heavy (non-hydrogen) atoms. The monoisotopic (exact) mass is 255 g/mol. The van der Waals surface area contributed by atoms with Crippen LogP contribution in [0.3, 0.4) is 0 Å². The lowest BCUT2D eigenvalue weighted by Gasteiger charge is -2.07. The van der Waals surface area contributed by atoms with E-state index in [0.717, 1.165) is 18.6 Å². The summed E-state index contributed by atoms with van der Waals surface area (Å²) >= 11 is 0. The summed E-state index contributed by atoms with van der Waals surface area (Å²) in [5.41, 5.74) is -0.373. The molecule has 1 aromatic carbocycles. The van der Waals surface area contributed by atoms with Crippen molar-refractivity contribution in [2.75, 3.05) is 6.61 Å². The number of nitro groups is 1. The van der Waals surface area contributed by atoms with Gasteiger partial charge in [0.2, 0.25) is 5.82 Å². The first-order valence-corrected chi connectivity index (χ1v) is 5.59. The van der Waals surface area contributed by atoms with Gasteiger partial charge in [-0.25, -0.2) is 4.79 Å². The molecule has 0 aliphatic rings. The van der Waals surface area contributed by atoms with Crippen molar-refractivity contribution in [3.63, 3.8) is 0 Å². The summed E-state index contributed by atoms with van der Waals surface area (Å²) in [5.74, 6) is -1.62. The summed E-state index contributed by atoms with van der Waals surface area (Å²) in [6, 6.07) is 1.88. The standard InChI is InChI=1S/C12H14FNO4/c1-3-4-5-18-12(15)9-7-11(14(16)17)10(13)6-8(9)2/h6-7H,3-5H2,1-2H3. The Labute approximate surface area is 104 Å².